The van der Waals surface area contributed by atoms with Crippen LogP contribution in [0.15, 0.2) is 77.1 Å². The Bertz CT molecular complexity index is 1100. The maximum atomic E-state index is 13.6. The van der Waals surface area contributed by atoms with Crippen LogP contribution in [0.2, 0.25) is 0 Å². The van der Waals surface area contributed by atoms with Crippen molar-refractivity contribution in [1.29, 1.82) is 0 Å². The van der Waals surface area contributed by atoms with Gasteiger partial charge in [-0.15, -0.1) is 0 Å². The van der Waals surface area contributed by atoms with E-state index in [2.05, 4.69) is 17.4 Å². The molecule has 2 aliphatic rings. The van der Waals surface area contributed by atoms with E-state index in [1.54, 1.807) is 0 Å². The van der Waals surface area contributed by atoms with Gasteiger partial charge >= 0.3 is 5.97 Å². The summed E-state index contributed by atoms with van der Waals surface area (Å²) in [7, 11) is 1.37. The number of Topliss-reactive ketones (excluding diaryl/α,β-unsaturated/α-hetero) is 1. The number of ether oxygens (including phenoxy) is 2. The van der Waals surface area contributed by atoms with Gasteiger partial charge in [0.05, 0.1) is 24.7 Å². The number of esters is 1. The minimum atomic E-state index is -0.530. The van der Waals surface area contributed by atoms with Gasteiger partial charge in [-0.2, -0.15) is 0 Å². The zero-order chi connectivity index (χ0) is 22.8. The van der Waals surface area contributed by atoms with E-state index >= 15 is 0 Å². The third-order valence-corrected chi connectivity index (χ3v) is 6.10. The zero-order valence-corrected chi connectivity index (χ0v) is 19.0. The standard InChI is InChI=1S/C27H29NO4/c1-16(2)32-23-13-9-8-12-20(23)25-24(27(30)31-4)17(3)28-21-14-19(15-22(29)26(21)25)18-10-6-5-7-11-18/h5-13,16,19,25,28H,14-15H2,1-4H3/t19-,25+/m1/s1. The number of carbonyl (C=O) groups is 2. The lowest BCUT2D eigenvalue weighted by Crippen LogP contribution is -2.36. The van der Waals surface area contributed by atoms with Gasteiger partial charge in [-0.3, -0.25) is 4.79 Å². The van der Waals surface area contributed by atoms with E-state index in [0.29, 0.717) is 35.4 Å². The fourth-order valence-corrected chi connectivity index (χ4v) is 4.77. The first kappa shape index (κ1) is 21.9. The number of dihydropyridines is 1. The normalized spacial score (nSPS) is 20.7. The molecule has 1 heterocycles. The fourth-order valence-electron chi connectivity index (χ4n) is 4.77. The van der Waals surface area contributed by atoms with Gasteiger partial charge in [0.2, 0.25) is 0 Å². The lowest BCUT2D eigenvalue weighted by molar-refractivity contribution is -0.136. The Morgan fingerprint density at radius 1 is 1.03 bits per heavy atom. The highest BCUT2D eigenvalue weighted by atomic mass is 16.5. The molecular formula is C27H29NO4. The largest absolute Gasteiger partial charge is 0.491 e. The Morgan fingerprint density at radius 3 is 2.41 bits per heavy atom. The summed E-state index contributed by atoms with van der Waals surface area (Å²) in [5.74, 6) is -0.147. The summed E-state index contributed by atoms with van der Waals surface area (Å²) in [4.78, 5) is 26.4. The first-order valence-corrected chi connectivity index (χ1v) is 11.0. The highest BCUT2D eigenvalue weighted by Gasteiger charge is 2.42. The topological polar surface area (TPSA) is 64.6 Å². The molecule has 0 fully saturated rings. The summed E-state index contributed by atoms with van der Waals surface area (Å²) in [5.41, 5.74) is 4.64. The molecule has 2 atom stereocenters. The van der Waals surface area contributed by atoms with Crippen LogP contribution in [0.3, 0.4) is 0 Å². The van der Waals surface area contributed by atoms with Crippen molar-refractivity contribution in [3.8, 4) is 5.75 Å². The number of methoxy groups -OCH3 is 1. The quantitative estimate of drug-likeness (QED) is 0.675. The number of rotatable bonds is 5. The van der Waals surface area contributed by atoms with Crippen LogP contribution in [0.1, 0.15) is 56.6 Å². The first-order chi connectivity index (χ1) is 15.4. The Kier molecular flexibility index (Phi) is 6.17. The van der Waals surface area contributed by atoms with Crippen LogP contribution >= 0.6 is 0 Å². The van der Waals surface area contributed by atoms with Gasteiger partial charge in [0, 0.05) is 29.0 Å². The maximum Gasteiger partial charge on any atom is 0.336 e. The molecule has 0 aromatic heterocycles. The molecule has 4 rings (SSSR count). The Morgan fingerprint density at radius 2 is 1.72 bits per heavy atom. The maximum absolute atomic E-state index is 13.6. The first-order valence-electron chi connectivity index (χ1n) is 11.0. The number of hydrogen-bond donors (Lipinski definition) is 1. The third kappa shape index (κ3) is 4.07. The van der Waals surface area contributed by atoms with Crippen LogP contribution < -0.4 is 10.1 Å². The van der Waals surface area contributed by atoms with Crippen molar-refractivity contribution in [3.63, 3.8) is 0 Å². The van der Waals surface area contributed by atoms with E-state index in [0.717, 1.165) is 16.8 Å². The highest BCUT2D eigenvalue weighted by molar-refractivity contribution is 6.04. The van der Waals surface area contributed by atoms with Crippen molar-refractivity contribution in [3.05, 3.63) is 88.3 Å². The third-order valence-electron chi connectivity index (χ3n) is 6.10. The van der Waals surface area contributed by atoms with Gasteiger partial charge in [0.1, 0.15) is 5.75 Å². The van der Waals surface area contributed by atoms with E-state index in [-0.39, 0.29) is 17.8 Å². The Hall–Kier alpha value is -3.34. The summed E-state index contributed by atoms with van der Waals surface area (Å²) in [6.45, 7) is 5.79. The second-order valence-corrected chi connectivity index (χ2v) is 8.62. The molecule has 0 radical (unpaired) electrons. The number of hydrogen-bond acceptors (Lipinski definition) is 5. The molecule has 0 saturated heterocycles. The zero-order valence-electron chi connectivity index (χ0n) is 19.0. The number of para-hydroxylation sites is 1. The van der Waals surface area contributed by atoms with Crippen LogP contribution in [0.25, 0.3) is 0 Å². The second kappa shape index (κ2) is 9.03. The van der Waals surface area contributed by atoms with Crippen molar-refractivity contribution in [2.75, 3.05) is 7.11 Å². The molecule has 0 spiro atoms. The van der Waals surface area contributed by atoms with Gasteiger partial charge in [-0.05, 0) is 44.7 Å². The van der Waals surface area contributed by atoms with Crippen molar-refractivity contribution in [1.82, 2.24) is 5.32 Å². The van der Waals surface area contributed by atoms with Gasteiger partial charge < -0.3 is 14.8 Å². The van der Waals surface area contributed by atoms with Gasteiger partial charge in [0.15, 0.2) is 5.78 Å². The lowest BCUT2D eigenvalue weighted by Gasteiger charge is -2.37. The van der Waals surface area contributed by atoms with E-state index in [1.807, 2.05) is 63.2 Å². The number of benzene rings is 2. The predicted octanol–water partition coefficient (Wildman–Crippen LogP) is 5.01. The molecule has 1 aliphatic carbocycles. The van der Waals surface area contributed by atoms with Crippen molar-refractivity contribution in [2.45, 2.75) is 51.6 Å². The SMILES string of the molecule is COC(=O)C1=C(C)NC2=C(C(=O)C[C@H](c3ccccc3)C2)[C@H]1c1ccccc1OC(C)C. The van der Waals surface area contributed by atoms with Gasteiger partial charge in [-0.25, -0.2) is 4.79 Å². The lowest BCUT2D eigenvalue weighted by atomic mass is 9.71. The number of nitrogens with one attached hydrogen (secondary N) is 1. The number of allylic oxidation sites excluding steroid dienone is 3. The summed E-state index contributed by atoms with van der Waals surface area (Å²) < 4.78 is 11.2. The molecule has 1 aliphatic heterocycles. The molecule has 32 heavy (non-hydrogen) atoms. The Balaban J connectivity index is 1.85. The predicted molar refractivity (Wildman–Crippen MR) is 123 cm³/mol. The fraction of sp³-hybridized carbons (Fsp3) is 0.333. The molecule has 5 nitrogen and oxygen atoms in total. The second-order valence-electron chi connectivity index (χ2n) is 8.62. The average Bonchev–Trinajstić information content (AvgIpc) is 2.78. The minimum absolute atomic E-state index is 0.0394. The summed E-state index contributed by atoms with van der Waals surface area (Å²) in [6.07, 6.45) is 1.07. The van der Waals surface area contributed by atoms with E-state index < -0.39 is 11.9 Å². The minimum Gasteiger partial charge on any atom is -0.491 e. The van der Waals surface area contributed by atoms with Crippen LogP contribution in [0.4, 0.5) is 0 Å². The smallest absolute Gasteiger partial charge is 0.336 e. The van der Waals surface area contributed by atoms with Crippen molar-refractivity contribution >= 4 is 11.8 Å². The summed E-state index contributed by atoms with van der Waals surface area (Å²) in [6, 6.07) is 17.8. The molecular weight excluding hydrogens is 402 g/mol. The van der Waals surface area contributed by atoms with Crippen LogP contribution in [0, 0.1) is 0 Å². The summed E-state index contributed by atoms with van der Waals surface area (Å²) in [5, 5.41) is 3.37. The van der Waals surface area contributed by atoms with Crippen molar-refractivity contribution < 1.29 is 19.1 Å². The molecule has 0 bridgehead atoms. The van der Waals surface area contributed by atoms with Crippen LogP contribution in [-0.2, 0) is 14.3 Å². The molecule has 2 aromatic rings. The van der Waals surface area contributed by atoms with Crippen LogP contribution in [0.5, 0.6) is 5.75 Å². The molecule has 166 valence electrons. The van der Waals surface area contributed by atoms with E-state index in [4.69, 9.17) is 9.47 Å². The monoisotopic (exact) mass is 431 g/mol. The summed E-state index contributed by atoms with van der Waals surface area (Å²) >= 11 is 0. The molecule has 5 heteroatoms. The van der Waals surface area contributed by atoms with Gasteiger partial charge in [-0.1, -0.05) is 48.5 Å². The average molecular weight is 432 g/mol. The molecule has 0 saturated carbocycles. The van der Waals surface area contributed by atoms with Crippen LogP contribution in [-0.4, -0.2) is 25.0 Å². The molecule has 0 unspecified atom stereocenters. The number of ketones is 1. The molecule has 0 amide bonds. The van der Waals surface area contributed by atoms with Crippen molar-refractivity contribution in [2.24, 2.45) is 0 Å². The Labute approximate surface area is 189 Å². The highest BCUT2D eigenvalue weighted by Crippen LogP contribution is 2.47. The van der Waals surface area contributed by atoms with Gasteiger partial charge in [0.25, 0.3) is 0 Å². The van der Waals surface area contributed by atoms with E-state index in [9.17, 15) is 9.59 Å². The molecule has 1 N–H and O–H groups in total. The van der Waals surface area contributed by atoms with E-state index in [1.165, 1.54) is 7.11 Å². The number of carbonyl (C=O) groups excluding carboxylic acids is 2. The molecule has 2 aromatic carbocycles.